The van der Waals surface area contributed by atoms with Crippen molar-refractivity contribution in [1.29, 1.82) is 0 Å². The molecule has 1 aromatic rings. The first kappa shape index (κ1) is 17.0. The molecule has 1 aromatic carbocycles. The van der Waals surface area contributed by atoms with Crippen LogP contribution in [0.15, 0.2) is 29.8 Å². The second-order valence-electron chi connectivity index (χ2n) is 8.87. The first-order chi connectivity index (χ1) is 13.6. The Balaban J connectivity index is 1.63. The van der Waals surface area contributed by atoms with Gasteiger partial charge in [-0.2, -0.15) is 0 Å². The monoisotopic (exact) mass is 382 g/mol. The van der Waals surface area contributed by atoms with E-state index in [9.17, 15) is 9.90 Å². The Morgan fingerprint density at radius 2 is 2.25 bits per heavy atom. The third kappa shape index (κ3) is 1.82. The summed E-state index contributed by atoms with van der Waals surface area (Å²) in [5.74, 6) is 1.11. The van der Waals surface area contributed by atoms with Crippen LogP contribution in [0.4, 0.5) is 5.69 Å². The maximum Gasteiger partial charge on any atom is 0.284 e. The van der Waals surface area contributed by atoms with Crippen molar-refractivity contribution in [3.63, 3.8) is 0 Å². The molecule has 2 bridgehead atoms. The molecule has 1 amide bonds. The van der Waals surface area contributed by atoms with Crippen LogP contribution in [0.1, 0.15) is 25.3 Å². The number of piperidine rings is 1. The summed E-state index contributed by atoms with van der Waals surface area (Å²) >= 11 is 0. The summed E-state index contributed by atoms with van der Waals surface area (Å²) in [6, 6.07) is 6.50. The van der Waals surface area contributed by atoms with E-state index in [1.165, 1.54) is 11.1 Å². The molecule has 28 heavy (non-hydrogen) atoms. The van der Waals surface area contributed by atoms with Gasteiger partial charge < -0.3 is 19.5 Å². The topological polar surface area (TPSA) is 62.2 Å². The van der Waals surface area contributed by atoms with Crippen LogP contribution >= 0.6 is 0 Å². The normalized spacial score (nSPS) is 42.4. The summed E-state index contributed by atoms with van der Waals surface area (Å²) in [7, 11) is 1.69. The first-order valence-corrected chi connectivity index (χ1v) is 10.3. The Labute approximate surface area is 164 Å². The van der Waals surface area contributed by atoms with Gasteiger partial charge in [0.2, 0.25) is 6.29 Å². The van der Waals surface area contributed by atoms with E-state index in [1.807, 2.05) is 17.0 Å². The van der Waals surface area contributed by atoms with Crippen LogP contribution in [0, 0.1) is 11.8 Å². The molecule has 5 aliphatic rings. The zero-order chi connectivity index (χ0) is 19.2. The SMILES string of the molecule is CC=C1CN2CC[C@@]34c5cc(OC)ccc5N5C(=O)[C@H](O)OC[C@@H]([C@@H]1C[C@H]23)[C@H]54. The lowest BCUT2D eigenvalue weighted by Gasteiger charge is -2.55. The van der Waals surface area contributed by atoms with Crippen molar-refractivity contribution < 1.29 is 19.4 Å². The minimum Gasteiger partial charge on any atom is -0.497 e. The number of aliphatic hydroxyl groups excluding tert-OH is 1. The molecule has 148 valence electrons. The molecule has 4 fully saturated rings. The number of ether oxygens (including phenoxy) is 2. The summed E-state index contributed by atoms with van der Waals surface area (Å²) in [5.41, 5.74) is 3.51. The smallest absolute Gasteiger partial charge is 0.284 e. The molecule has 0 radical (unpaired) electrons. The van der Waals surface area contributed by atoms with Crippen molar-refractivity contribution >= 4 is 11.6 Å². The number of carbonyl (C=O) groups is 1. The molecular weight excluding hydrogens is 356 g/mol. The zero-order valence-corrected chi connectivity index (χ0v) is 16.3. The van der Waals surface area contributed by atoms with Crippen LogP contribution in [-0.2, 0) is 14.9 Å². The van der Waals surface area contributed by atoms with Crippen LogP contribution < -0.4 is 9.64 Å². The number of methoxy groups -OCH3 is 1. The number of anilines is 1. The Bertz CT molecular complexity index is 899. The fraction of sp³-hybridized carbons (Fsp3) is 0.591. The molecule has 6 heteroatoms. The molecule has 6 atom stereocenters. The van der Waals surface area contributed by atoms with Gasteiger partial charge in [0, 0.05) is 29.6 Å². The predicted octanol–water partition coefficient (Wildman–Crippen LogP) is 1.67. The van der Waals surface area contributed by atoms with E-state index in [-0.39, 0.29) is 23.3 Å². The fourth-order valence-corrected chi connectivity index (χ4v) is 7.10. The summed E-state index contributed by atoms with van der Waals surface area (Å²) in [6.45, 7) is 4.60. The van der Waals surface area contributed by atoms with Gasteiger partial charge in [-0.1, -0.05) is 11.6 Å². The molecule has 1 N–H and O–H groups in total. The van der Waals surface area contributed by atoms with Gasteiger partial charge in [-0.25, -0.2) is 0 Å². The average molecular weight is 382 g/mol. The van der Waals surface area contributed by atoms with Gasteiger partial charge in [-0.3, -0.25) is 9.69 Å². The number of benzene rings is 1. The molecular formula is C22H26N2O4. The van der Waals surface area contributed by atoms with E-state index in [1.54, 1.807) is 7.11 Å². The Morgan fingerprint density at radius 1 is 1.39 bits per heavy atom. The second-order valence-corrected chi connectivity index (χ2v) is 8.87. The average Bonchev–Trinajstić information content (AvgIpc) is 3.21. The van der Waals surface area contributed by atoms with Crippen LogP contribution in [0.25, 0.3) is 0 Å². The molecule has 0 unspecified atom stereocenters. The molecule has 6 rings (SSSR count). The highest BCUT2D eigenvalue weighted by Gasteiger charge is 2.69. The fourth-order valence-electron chi connectivity index (χ4n) is 7.10. The highest BCUT2D eigenvalue weighted by molar-refractivity contribution is 6.00. The number of carbonyl (C=O) groups excluding carboxylic acids is 1. The lowest BCUT2D eigenvalue weighted by Crippen LogP contribution is -2.65. The lowest BCUT2D eigenvalue weighted by atomic mass is 9.55. The van der Waals surface area contributed by atoms with E-state index < -0.39 is 6.29 Å². The number of hydrogen-bond acceptors (Lipinski definition) is 5. The highest BCUT2D eigenvalue weighted by atomic mass is 16.6. The standard InChI is InChI=1S/C22H26N2O4/c1-3-12-10-23-7-6-22-16-8-13(27-2)4-5-17(16)24-19(22)15(14(12)9-18(22)23)11-28-21(26)20(24)25/h3-5,8,14-15,18-19,21,26H,6-7,9-11H2,1-2H3/t14-,15+,18+,19+,21-,22-/m1/s1. The molecule has 0 aromatic heterocycles. The van der Waals surface area contributed by atoms with Gasteiger partial charge in [0.15, 0.2) is 0 Å². The Hall–Kier alpha value is -1.89. The molecule has 4 aliphatic heterocycles. The second kappa shape index (κ2) is 5.59. The Morgan fingerprint density at radius 3 is 3.04 bits per heavy atom. The quantitative estimate of drug-likeness (QED) is 0.749. The van der Waals surface area contributed by atoms with Gasteiger partial charge in [0.05, 0.1) is 19.8 Å². The molecule has 1 spiro atoms. The molecule has 4 heterocycles. The highest BCUT2D eigenvalue weighted by Crippen LogP contribution is 2.64. The van der Waals surface area contributed by atoms with E-state index in [0.29, 0.717) is 18.6 Å². The summed E-state index contributed by atoms with van der Waals surface area (Å²) in [6.07, 6.45) is 2.99. The van der Waals surface area contributed by atoms with Crippen LogP contribution in [0.3, 0.4) is 0 Å². The first-order valence-electron chi connectivity index (χ1n) is 10.3. The van der Waals surface area contributed by atoms with E-state index in [2.05, 4.69) is 24.0 Å². The third-order valence-electron chi connectivity index (χ3n) is 8.15. The van der Waals surface area contributed by atoms with E-state index >= 15 is 0 Å². The minimum absolute atomic E-state index is 0.0308. The van der Waals surface area contributed by atoms with Gasteiger partial charge >= 0.3 is 0 Å². The number of amides is 1. The van der Waals surface area contributed by atoms with Crippen molar-refractivity contribution in [3.05, 3.63) is 35.4 Å². The summed E-state index contributed by atoms with van der Waals surface area (Å²) in [4.78, 5) is 17.7. The van der Waals surface area contributed by atoms with Gasteiger partial charge in [0.1, 0.15) is 5.75 Å². The summed E-state index contributed by atoms with van der Waals surface area (Å²) < 4.78 is 11.2. The number of nitrogens with zero attached hydrogens (tertiary/aromatic N) is 2. The van der Waals surface area contributed by atoms with Gasteiger partial charge in [-0.15, -0.1) is 0 Å². The minimum atomic E-state index is -1.39. The van der Waals surface area contributed by atoms with Crippen molar-refractivity contribution in [2.24, 2.45) is 11.8 Å². The van der Waals surface area contributed by atoms with Crippen molar-refractivity contribution in [2.75, 3.05) is 31.7 Å². The molecule has 3 saturated heterocycles. The number of rotatable bonds is 1. The zero-order valence-electron chi connectivity index (χ0n) is 16.3. The molecule has 1 aliphatic carbocycles. The van der Waals surface area contributed by atoms with Crippen LogP contribution in [-0.4, -0.2) is 61.1 Å². The van der Waals surface area contributed by atoms with Crippen molar-refractivity contribution in [2.45, 2.75) is 43.6 Å². The van der Waals surface area contributed by atoms with Crippen molar-refractivity contribution in [3.8, 4) is 5.75 Å². The van der Waals surface area contributed by atoms with Crippen molar-refractivity contribution in [1.82, 2.24) is 4.90 Å². The maximum absolute atomic E-state index is 13.2. The van der Waals surface area contributed by atoms with E-state index in [0.717, 1.165) is 37.4 Å². The molecule has 1 saturated carbocycles. The van der Waals surface area contributed by atoms with Crippen LogP contribution in [0.2, 0.25) is 0 Å². The third-order valence-corrected chi connectivity index (χ3v) is 8.15. The predicted molar refractivity (Wildman–Crippen MR) is 103 cm³/mol. The largest absolute Gasteiger partial charge is 0.497 e. The summed E-state index contributed by atoms with van der Waals surface area (Å²) in [5, 5.41) is 10.4. The number of aliphatic hydroxyl groups is 1. The van der Waals surface area contributed by atoms with Gasteiger partial charge in [-0.05, 0) is 56.0 Å². The van der Waals surface area contributed by atoms with Gasteiger partial charge in [0.25, 0.3) is 5.91 Å². The lowest BCUT2D eigenvalue weighted by molar-refractivity contribution is -0.154. The van der Waals surface area contributed by atoms with Crippen LogP contribution in [0.5, 0.6) is 5.75 Å². The maximum atomic E-state index is 13.2. The molecule has 6 nitrogen and oxygen atoms in total. The van der Waals surface area contributed by atoms with E-state index in [4.69, 9.17) is 9.47 Å². The number of fused-ring (bicyclic) bond motifs is 4. The number of hydrogen-bond donors (Lipinski definition) is 1. The number of allylic oxidation sites excluding steroid dienone is 1. The Kier molecular flexibility index (Phi) is 3.39.